The number of nitrogens with one attached hydrogen (secondary N) is 2. The van der Waals surface area contributed by atoms with Crippen LogP contribution in [0.25, 0.3) is 0 Å². The number of sulfonamides is 1. The van der Waals surface area contributed by atoms with Gasteiger partial charge in [-0.15, -0.1) is 0 Å². The zero-order valence-corrected chi connectivity index (χ0v) is 16.2. The van der Waals surface area contributed by atoms with Crippen LogP contribution in [-0.4, -0.2) is 28.4 Å². The average Bonchev–Trinajstić information content (AvgIpc) is 2.65. The van der Waals surface area contributed by atoms with Crippen LogP contribution in [0.3, 0.4) is 0 Å². The molecular formula is C19H26N2O4S. The summed E-state index contributed by atoms with van der Waals surface area (Å²) in [5.41, 5.74) is 2.51. The number of anilines is 2. The van der Waals surface area contributed by atoms with Gasteiger partial charge < -0.3 is 14.8 Å². The Labute approximate surface area is 155 Å². The van der Waals surface area contributed by atoms with Crippen molar-refractivity contribution in [3.63, 3.8) is 0 Å². The number of unbranched alkanes of at least 4 members (excludes halogenated alkanes) is 1. The molecule has 0 aliphatic carbocycles. The Bertz CT molecular complexity index is 805. The van der Waals surface area contributed by atoms with E-state index in [1.807, 2.05) is 37.3 Å². The fourth-order valence-corrected chi connectivity index (χ4v) is 3.68. The van der Waals surface area contributed by atoms with Gasteiger partial charge in [-0.2, -0.15) is 0 Å². The molecule has 142 valence electrons. The molecule has 0 bridgehead atoms. The van der Waals surface area contributed by atoms with Gasteiger partial charge in [-0.1, -0.05) is 19.4 Å². The van der Waals surface area contributed by atoms with Crippen LogP contribution in [0.1, 0.15) is 25.3 Å². The molecule has 2 aromatic carbocycles. The summed E-state index contributed by atoms with van der Waals surface area (Å²) < 4.78 is 37.0. The number of hydrogen-bond acceptors (Lipinski definition) is 5. The topological polar surface area (TPSA) is 76.7 Å². The second-order valence-corrected chi connectivity index (χ2v) is 7.74. The Morgan fingerprint density at radius 2 is 1.58 bits per heavy atom. The van der Waals surface area contributed by atoms with Crippen LogP contribution in [0.5, 0.6) is 11.5 Å². The highest BCUT2D eigenvalue weighted by Crippen LogP contribution is 2.28. The number of methoxy groups -OCH3 is 2. The quantitative estimate of drug-likeness (QED) is 0.656. The third-order valence-corrected chi connectivity index (χ3v) is 5.24. The highest BCUT2D eigenvalue weighted by atomic mass is 32.2. The molecule has 0 aliphatic heterocycles. The monoisotopic (exact) mass is 378 g/mol. The molecule has 0 aliphatic rings. The minimum atomic E-state index is -3.28. The van der Waals surface area contributed by atoms with Crippen molar-refractivity contribution in [2.45, 2.75) is 26.3 Å². The standard InChI is InChI=1S/C19H26N2O4S/c1-4-5-12-26(22,23)21-17-9-7-16(8-10-17)20-14-15-6-11-18(24-2)19(13-15)25-3/h6-11,13,20-21H,4-5,12,14H2,1-3H3. The predicted octanol–water partition coefficient (Wildman–Crippen LogP) is 3.86. The lowest BCUT2D eigenvalue weighted by Crippen LogP contribution is -2.16. The molecular weight excluding hydrogens is 352 g/mol. The average molecular weight is 378 g/mol. The summed E-state index contributed by atoms with van der Waals surface area (Å²) in [4.78, 5) is 0. The van der Waals surface area contributed by atoms with Crippen LogP contribution >= 0.6 is 0 Å². The zero-order chi connectivity index (χ0) is 19.0. The molecule has 7 heteroatoms. The van der Waals surface area contributed by atoms with Gasteiger partial charge in [-0.3, -0.25) is 4.72 Å². The molecule has 0 fully saturated rings. The van der Waals surface area contributed by atoms with E-state index in [0.29, 0.717) is 30.2 Å². The fourth-order valence-electron chi connectivity index (χ4n) is 2.42. The van der Waals surface area contributed by atoms with Crippen LogP contribution < -0.4 is 19.5 Å². The zero-order valence-electron chi connectivity index (χ0n) is 15.4. The van der Waals surface area contributed by atoms with Crippen LogP contribution in [0.2, 0.25) is 0 Å². The van der Waals surface area contributed by atoms with Crippen molar-refractivity contribution in [2.24, 2.45) is 0 Å². The Morgan fingerprint density at radius 1 is 0.923 bits per heavy atom. The van der Waals surface area contributed by atoms with Crippen LogP contribution in [0.15, 0.2) is 42.5 Å². The van der Waals surface area contributed by atoms with Crippen molar-refractivity contribution >= 4 is 21.4 Å². The van der Waals surface area contributed by atoms with Crippen molar-refractivity contribution in [1.82, 2.24) is 0 Å². The van der Waals surface area contributed by atoms with Gasteiger partial charge in [0.1, 0.15) is 0 Å². The molecule has 0 saturated carbocycles. The Kier molecular flexibility index (Phi) is 7.15. The first kappa shape index (κ1) is 19.9. The van der Waals surface area contributed by atoms with E-state index in [1.54, 1.807) is 26.4 Å². The van der Waals surface area contributed by atoms with E-state index in [-0.39, 0.29) is 5.75 Å². The molecule has 2 aromatic rings. The van der Waals surface area contributed by atoms with Crippen LogP contribution in [0.4, 0.5) is 11.4 Å². The molecule has 26 heavy (non-hydrogen) atoms. The van der Waals surface area contributed by atoms with Crippen molar-refractivity contribution in [2.75, 3.05) is 30.0 Å². The van der Waals surface area contributed by atoms with E-state index in [0.717, 1.165) is 17.7 Å². The molecule has 0 amide bonds. The van der Waals surface area contributed by atoms with Gasteiger partial charge in [0.15, 0.2) is 11.5 Å². The Balaban J connectivity index is 1.95. The molecule has 0 saturated heterocycles. The van der Waals surface area contributed by atoms with E-state index in [4.69, 9.17) is 9.47 Å². The SMILES string of the molecule is CCCCS(=O)(=O)Nc1ccc(NCc2ccc(OC)c(OC)c2)cc1. The predicted molar refractivity (Wildman–Crippen MR) is 106 cm³/mol. The lowest BCUT2D eigenvalue weighted by Gasteiger charge is -2.12. The number of ether oxygens (including phenoxy) is 2. The summed E-state index contributed by atoms with van der Waals surface area (Å²) in [6.07, 6.45) is 1.50. The highest BCUT2D eigenvalue weighted by Gasteiger charge is 2.09. The van der Waals surface area contributed by atoms with Gasteiger partial charge in [0, 0.05) is 17.9 Å². The molecule has 2 N–H and O–H groups in total. The van der Waals surface area contributed by atoms with Crippen molar-refractivity contribution < 1.29 is 17.9 Å². The maximum absolute atomic E-state index is 11.9. The van der Waals surface area contributed by atoms with Gasteiger partial charge in [-0.05, 0) is 48.4 Å². The molecule has 2 rings (SSSR count). The van der Waals surface area contributed by atoms with Gasteiger partial charge in [0.25, 0.3) is 0 Å². The smallest absolute Gasteiger partial charge is 0.232 e. The number of rotatable bonds is 10. The lowest BCUT2D eigenvalue weighted by atomic mass is 10.2. The Morgan fingerprint density at radius 3 is 2.19 bits per heavy atom. The first-order valence-electron chi connectivity index (χ1n) is 8.52. The molecule has 0 unspecified atom stereocenters. The van der Waals surface area contributed by atoms with Gasteiger partial charge in [0.2, 0.25) is 10.0 Å². The Hall–Kier alpha value is -2.41. The molecule has 0 spiro atoms. The van der Waals surface area contributed by atoms with Crippen molar-refractivity contribution in [1.29, 1.82) is 0 Å². The number of hydrogen-bond donors (Lipinski definition) is 2. The summed E-state index contributed by atoms with van der Waals surface area (Å²) in [6, 6.07) is 12.9. The highest BCUT2D eigenvalue weighted by molar-refractivity contribution is 7.92. The third kappa shape index (κ3) is 5.84. The van der Waals surface area contributed by atoms with Gasteiger partial charge in [0.05, 0.1) is 20.0 Å². The molecule has 0 atom stereocenters. The maximum atomic E-state index is 11.9. The molecule has 0 heterocycles. The summed E-state index contributed by atoms with van der Waals surface area (Å²) in [5.74, 6) is 1.52. The summed E-state index contributed by atoms with van der Waals surface area (Å²) >= 11 is 0. The first-order chi connectivity index (χ1) is 12.5. The second kappa shape index (κ2) is 9.33. The van der Waals surface area contributed by atoms with Crippen molar-refractivity contribution in [3.8, 4) is 11.5 Å². The van der Waals surface area contributed by atoms with Gasteiger partial charge >= 0.3 is 0 Å². The molecule has 6 nitrogen and oxygen atoms in total. The largest absolute Gasteiger partial charge is 0.493 e. The van der Waals surface area contributed by atoms with E-state index in [2.05, 4.69) is 10.0 Å². The van der Waals surface area contributed by atoms with E-state index >= 15 is 0 Å². The summed E-state index contributed by atoms with van der Waals surface area (Å²) in [5, 5.41) is 3.30. The van der Waals surface area contributed by atoms with E-state index < -0.39 is 10.0 Å². The second-order valence-electron chi connectivity index (χ2n) is 5.89. The third-order valence-electron chi connectivity index (χ3n) is 3.87. The lowest BCUT2D eigenvalue weighted by molar-refractivity contribution is 0.354. The normalized spacial score (nSPS) is 11.0. The minimum Gasteiger partial charge on any atom is -0.493 e. The first-order valence-corrected chi connectivity index (χ1v) is 10.2. The molecule has 0 radical (unpaired) electrons. The maximum Gasteiger partial charge on any atom is 0.232 e. The molecule has 0 aromatic heterocycles. The van der Waals surface area contributed by atoms with Crippen LogP contribution in [-0.2, 0) is 16.6 Å². The fraction of sp³-hybridized carbons (Fsp3) is 0.368. The van der Waals surface area contributed by atoms with Crippen LogP contribution in [0, 0.1) is 0 Å². The minimum absolute atomic E-state index is 0.142. The van der Waals surface area contributed by atoms with Crippen molar-refractivity contribution in [3.05, 3.63) is 48.0 Å². The van der Waals surface area contributed by atoms with Gasteiger partial charge in [-0.25, -0.2) is 8.42 Å². The summed E-state index contributed by atoms with van der Waals surface area (Å²) in [6.45, 7) is 2.58. The number of benzene rings is 2. The summed E-state index contributed by atoms with van der Waals surface area (Å²) in [7, 11) is -0.0639. The van der Waals surface area contributed by atoms with E-state index in [1.165, 1.54) is 0 Å². The van der Waals surface area contributed by atoms with E-state index in [9.17, 15) is 8.42 Å².